The quantitative estimate of drug-likeness (QED) is 0.637. The van der Waals surface area contributed by atoms with Crippen LogP contribution in [0.15, 0.2) is 0 Å². The number of hydrogen-bond donors (Lipinski definition) is 2. The highest BCUT2D eigenvalue weighted by Gasteiger charge is 2.24. The Balaban J connectivity index is 3.99. The molecule has 1 nitrogen and oxygen atoms in total. The van der Waals surface area contributed by atoms with Crippen molar-refractivity contribution in [1.82, 2.24) is 0 Å². The third kappa shape index (κ3) is 4.37. The second-order valence-corrected chi connectivity index (χ2v) is 4.73. The highest BCUT2D eigenvalue weighted by Crippen LogP contribution is 2.24. The first kappa shape index (κ1) is 13.3. The monoisotopic (exact) mass is 204 g/mol. The van der Waals surface area contributed by atoms with Crippen molar-refractivity contribution in [3.8, 4) is 0 Å². The molecule has 0 aliphatic rings. The lowest BCUT2D eigenvalue weighted by Crippen LogP contribution is -2.32. The summed E-state index contributed by atoms with van der Waals surface area (Å²) in [5.74, 6) is 0.874. The minimum absolute atomic E-state index is 0.134. The third-order valence-electron chi connectivity index (χ3n) is 2.90. The zero-order valence-corrected chi connectivity index (χ0v) is 10.2. The van der Waals surface area contributed by atoms with E-state index in [0.29, 0.717) is 11.8 Å². The van der Waals surface area contributed by atoms with Gasteiger partial charge < -0.3 is 5.11 Å². The van der Waals surface area contributed by atoms with Gasteiger partial charge in [0.1, 0.15) is 0 Å². The summed E-state index contributed by atoms with van der Waals surface area (Å²) in [6.45, 7) is 8.55. The molecule has 0 aromatic rings. The lowest BCUT2D eigenvalue weighted by molar-refractivity contribution is 0.0961. The summed E-state index contributed by atoms with van der Waals surface area (Å²) in [7, 11) is 0. The molecule has 0 amide bonds. The van der Waals surface area contributed by atoms with Crippen LogP contribution in [0.25, 0.3) is 0 Å². The zero-order chi connectivity index (χ0) is 10.4. The SMILES string of the molecule is CCCC(C)[C@H](S)C(O)C(C)CC. The molecule has 0 radical (unpaired) electrons. The summed E-state index contributed by atoms with van der Waals surface area (Å²) in [6.07, 6.45) is 3.10. The van der Waals surface area contributed by atoms with E-state index in [-0.39, 0.29) is 11.4 Å². The van der Waals surface area contributed by atoms with Crippen LogP contribution < -0.4 is 0 Å². The molecule has 0 saturated carbocycles. The molecule has 0 bridgehead atoms. The third-order valence-corrected chi connectivity index (χ3v) is 3.72. The molecule has 4 atom stereocenters. The summed E-state index contributed by atoms with van der Waals surface area (Å²) < 4.78 is 0. The smallest absolute Gasteiger partial charge is 0.0684 e. The zero-order valence-electron chi connectivity index (χ0n) is 9.33. The molecule has 0 aliphatic heterocycles. The van der Waals surface area contributed by atoms with E-state index in [2.05, 4.69) is 40.3 Å². The Bertz CT molecular complexity index is 127. The van der Waals surface area contributed by atoms with Crippen LogP contribution in [0.4, 0.5) is 0 Å². The lowest BCUT2D eigenvalue weighted by Gasteiger charge is -2.27. The predicted molar refractivity (Wildman–Crippen MR) is 62.3 cm³/mol. The average molecular weight is 204 g/mol. The molecular formula is C11H24OS. The van der Waals surface area contributed by atoms with Gasteiger partial charge >= 0.3 is 0 Å². The van der Waals surface area contributed by atoms with Gasteiger partial charge in [0.25, 0.3) is 0 Å². The maximum Gasteiger partial charge on any atom is 0.0684 e. The molecule has 3 unspecified atom stereocenters. The van der Waals surface area contributed by atoms with Gasteiger partial charge in [0.2, 0.25) is 0 Å². The van der Waals surface area contributed by atoms with Crippen molar-refractivity contribution in [2.24, 2.45) is 11.8 Å². The standard InChI is InChI=1S/C11H24OS/c1-5-7-9(4)11(13)10(12)8(3)6-2/h8-13H,5-7H2,1-4H3/t8?,9?,10?,11-/m0/s1. The van der Waals surface area contributed by atoms with Gasteiger partial charge in [-0.3, -0.25) is 0 Å². The van der Waals surface area contributed by atoms with E-state index >= 15 is 0 Å². The molecule has 1 N–H and O–H groups in total. The highest BCUT2D eigenvalue weighted by molar-refractivity contribution is 7.81. The fourth-order valence-electron chi connectivity index (χ4n) is 1.54. The van der Waals surface area contributed by atoms with Crippen LogP contribution >= 0.6 is 12.6 Å². The van der Waals surface area contributed by atoms with E-state index in [4.69, 9.17) is 0 Å². The summed E-state index contributed by atoms with van der Waals surface area (Å²) in [5, 5.41) is 10.0. The molecule has 0 heterocycles. The molecule has 0 spiro atoms. The van der Waals surface area contributed by atoms with Crippen LogP contribution in [-0.4, -0.2) is 16.5 Å². The maximum absolute atomic E-state index is 9.91. The molecule has 0 aliphatic carbocycles. The molecule has 0 aromatic heterocycles. The van der Waals surface area contributed by atoms with E-state index in [1.807, 2.05) is 0 Å². The molecule has 2 heteroatoms. The van der Waals surface area contributed by atoms with Gasteiger partial charge in [-0.25, -0.2) is 0 Å². The minimum Gasteiger partial charge on any atom is -0.392 e. The van der Waals surface area contributed by atoms with Crippen molar-refractivity contribution in [2.45, 2.75) is 58.3 Å². The molecule has 0 fully saturated rings. The van der Waals surface area contributed by atoms with Crippen molar-refractivity contribution in [3.05, 3.63) is 0 Å². The van der Waals surface area contributed by atoms with Crippen molar-refractivity contribution < 1.29 is 5.11 Å². The molecular weight excluding hydrogens is 180 g/mol. The predicted octanol–water partition coefficient (Wildman–Crippen LogP) is 3.13. The van der Waals surface area contributed by atoms with Gasteiger partial charge in [-0.05, 0) is 18.3 Å². The van der Waals surface area contributed by atoms with Crippen LogP contribution in [0, 0.1) is 11.8 Å². The Kier molecular flexibility index (Phi) is 6.88. The first-order valence-corrected chi connectivity index (χ1v) is 5.92. The Labute approximate surface area is 88.3 Å². The Morgan fingerprint density at radius 1 is 1.15 bits per heavy atom. The van der Waals surface area contributed by atoms with Crippen molar-refractivity contribution in [3.63, 3.8) is 0 Å². The number of hydrogen-bond acceptors (Lipinski definition) is 2. The maximum atomic E-state index is 9.91. The van der Waals surface area contributed by atoms with E-state index in [1.54, 1.807) is 0 Å². The van der Waals surface area contributed by atoms with Gasteiger partial charge in [-0.1, -0.05) is 40.5 Å². The largest absolute Gasteiger partial charge is 0.392 e. The van der Waals surface area contributed by atoms with Gasteiger partial charge in [-0.15, -0.1) is 0 Å². The van der Waals surface area contributed by atoms with E-state index in [9.17, 15) is 5.11 Å². The molecule has 0 saturated heterocycles. The molecule has 80 valence electrons. The molecule has 0 rings (SSSR count). The first-order valence-electron chi connectivity index (χ1n) is 5.40. The molecule has 0 aromatic carbocycles. The topological polar surface area (TPSA) is 20.2 Å². The van der Waals surface area contributed by atoms with Crippen LogP contribution in [-0.2, 0) is 0 Å². The van der Waals surface area contributed by atoms with E-state index in [1.165, 1.54) is 6.42 Å². The summed E-state index contributed by atoms with van der Waals surface area (Å²) >= 11 is 4.50. The number of aliphatic hydroxyl groups is 1. The summed E-state index contributed by atoms with van der Waals surface area (Å²) in [6, 6.07) is 0. The highest BCUT2D eigenvalue weighted by atomic mass is 32.1. The molecule has 13 heavy (non-hydrogen) atoms. The summed E-state index contributed by atoms with van der Waals surface area (Å²) in [4.78, 5) is 0. The Morgan fingerprint density at radius 3 is 2.08 bits per heavy atom. The fourth-order valence-corrected chi connectivity index (χ4v) is 1.98. The van der Waals surface area contributed by atoms with Crippen LogP contribution in [0.5, 0.6) is 0 Å². The van der Waals surface area contributed by atoms with Gasteiger partial charge in [0.15, 0.2) is 0 Å². The van der Waals surface area contributed by atoms with E-state index < -0.39 is 0 Å². The Morgan fingerprint density at radius 2 is 1.69 bits per heavy atom. The second kappa shape index (κ2) is 6.72. The van der Waals surface area contributed by atoms with Crippen LogP contribution in [0.1, 0.15) is 47.0 Å². The normalized spacial score (nSPS) is 20.8. The second-order valence-electron chi connectivity index (χ2n) is 4.13. The number of rotatable bonds is 6. The average Bonchev–Trinajstić information content (AvgIpc) is 2.14. The minimum atomic E-state index is -0.255. The lowest BCUT2D eigenvalue weighted by atomic mass is 9.90. The van der Waals surface area contributed by atoms with Crippen LogP contribution in [0.3, 0.4) is 0 Å². The van der Waals surface area contributed by atoms with Gasteiger partial charge in [0.05, 0.1) is 6.10 Å². The van der Waals surface area contributed by atoms with Gasteiger partial charge in [-0.2, -0.15) is 12.6 Å². The Hall–Kier alpha value is 0.310. The van der Waals surface area contributed by atoms with Crippen molar-refractivity contribution in [1.29, 1.82) is 0 Å². The van der Waals surface area contributed by atoms with Crippen molar-refractivity contribution in [2.75, 3.05) is 0 Å². The fraction of sp³-hybridized carbons (Fsp3) is 1.00. The van der Waals surface area contributed by atoms with Crippen LogP contribution in [0.2, 0.25) is 0 Å². The van der Waals surface area contributed by atoms with Gasteiger partial charge in [0, 0.05) is 5.25 Å². The first-order chi connectivity index (χ1) is 6.04. The van der Waals surface area contributed by atoms with Crippen molar-refractivity contribution >= 4 is 12.6 Å². The summed E-state index contributed by atoms with van der Waals surface area (Å²) in [5.41, 5.74) is 0. The number of aliphatic hydroxyl groups excluding tert-OH is 1. The number of thiol groups is 1. The van der Waals surface area contributed by atoms with E-state index in [0.717, 1.165) is 12.8 Å².